The van der Waals surface area contributed by atoms with E-state index in [1.165, 1.54) is 50.6 Å². The highest BCUT2D eigenvalue weighted by Gasteiger charge is 2.46. The summed E-state index contributed by atoms with van der Waals surface area (Å²) < 4.78 is 31.5. The highest BCUT2D eigenvalue weighted by Crippen LogP contribution is 2.46. The first kappa shape index (κ1) is 47.6. The minimum Gasteiger partial charge on any atom is -0.489 e. The Morgan fingerprint density at radius 2 is 1.73 bits per heavy atom. The van der Waals surface area contributed by atoms with Crippen LogP contribution in [0.3, 0.4) is 0 Å². The van der Waals surface area contributed by atoms with Crippen molar-refractivity contribution in [1.82, 2.24) is 20.0 Å². The van der Waals surface area contributed by atoms with Gasteiger partial charge in [-0.15, -0.1) is 6.58 Å². The summed E-state index contributed by atoms with van der Waals surface area (Å²) in [6, 6.07) is 2.92. The third-order valence-corrected chi connectivity index (χ3v) is 13.1. The monoisotopic (exact) mass is 823 g/mol. The molecule has 0 radical (unpaired) electrons. The Labute approximate surface area is 352 Å². The number of imide groups is 1. The molecule has 0 bridgehead atoms. The van der Waals surface area contributed by atoms with Crippen LogP contribution < -0.4 is 20.7 Å². The highest BCUT2D eigenvalue weighted by atomic mass is 19.3. The first-order valence-corrected chi connectivity index (χ1v) is 21.7. The van der Waals surface area contributed by atoms with Gasteiger partial charge in [-0.2, -0.15) is 0 Å². The van der Waals surface area contributed by atoms with Gasteiger partial charge in [0.25, 0.3) is 12.3 Å². The lowest BCUT2D eigenvalue weighted by Crippen LogP contribution is -2.65. The normalized spacial score (nSPS) is 23.6. The van der Waals surface area contributed by atoms with E-state index in [-0.39, 0.29) is 42.3 Å². The summed E-state index contributed by atoms with van der Waals surface area (Å²) in [6.45, 7) is 32.2. The molecule has 6 rings (SSSR count). The molecule has 328 valence electrons. The molecule has 1 aromatic carbocycles. The van der Waals surface area contributed by atoms with E-state index in [4.69, 9.17) is 10.5 Å². The first-order chi connectivity index (χ1) is 27.8. The van der Waals surface area contributed by atoms with Crippen molar-refractivity contribution in [1.29, 1.82) is 0 Å². The van der Waals surface area contributed by atoms with Crippen molar-refractivity contribution in [3.8, 4) is 5.75 Å². The second-order valence-electron chi connectivity index (χ2n) is 18.1. The molecule has 3 atom stereocenters. The molecule has 0 aromatic heterocycles. The minimum absolute atomic E-state index is 0.0517. The maximum absolute atomic E-state index is 13.3. The number of hydrogen-bond acceptors (Lipinski definition) is 8. The van der Waals surface area contributed by atoms with Crippen LogP contribution in [0.4, 0.5) is 14.5 Å². The highest BCUT2D eigenvalue weighted by molar-refractivity contribution is 6.06. The number of fused-ring (bicyclic) bond motifs is 4. The standard InChI is InChI=1S/C30H42N4O4.C13H22F2N2.C4H8/c1-4-30(5-2)10-8-20(9-11-30)16-32-12-13-34-24-14-21-17-33(23-6-7-26(35)31-27(23)36)28(37)22(21)15-25(24)38-19-29(34,3)18-32;1-6-11(7-2)13(10(5)16)17(9(3)4)8-12(14)15;1-4(2)3/h14-15,20,23H,4-13,16-19H2,1-3H3,(H,31,35,36);6-7,9,12-13H,1,5,8,16H2,2-4H3;1H2,2-3H3/b;11-7+;/t23?,29-;13-;/m00./s1. The predicted octanol–water partition coefficient (Wildman–Crippen LogP) is 8.23. The van der Waals surface area contributed by atoms with E-state index in [1.54, 1.807) is 15.9 Å². The van der Waals surface area contributed by atoms with E-state index < -0.39 is 18.5 Å². The molecule has 5 aliphatic rings. The number of piperazine rings is 1. The Kier molecular flexibility index (Phi) is 16.5. The number of nitrogens with one attached hydrogen (secondary N) is 1. The van der Waals surface area contributed by atoms with Gasteiger partial charge in [-0.3, -0.25) is 29.5 Å². The van der Waals surface area contributed by atoms with Crippen molar-refractivity contribution in [3.63, 3.8) is 0 Å². The van der Waals surface area contributed by atoms with Gasteiger partial charge in [-0.25, -0.2) is 8.78 Å². The molecule has 59 heavy (non-hydrogen) atoms. The largest absolute Gasteiger partial charge is 0.489 e. The first-order valence-electron chi connectivity index (χ1n) is 21.7. The fourth-order valence-corrected chi connectivity index (χ4v) is 9.57. The molecule has 1 unspecified atom stereocenters. The topological polar surface area (TPSA) is 111 Å². The van der Waals surface area contributed by atoms with Crippen molar-refractivity contribution in [3.05, 3.63) is 72.0 Å². The summed E-state index contributed by atoms with van der Waals surface area (Å²) in [5.74, 6) is 0.759. The van der Waals surface area contributed by atoms with Crippen molar-refractivity contribution in [2.75, 3.05) is 44.2 Å². The average molecular weight is 823 g/mol. The number of halogens is 2. The van der Waals surface area contributed by atoms with Crippen LogP contribution in [0.15, 0.2) is 60.9 Å². The Bertz CT molecular complexity index is 1730. The maximum Gasteiger partial charge on any atom is 0.255 e. The van der Waals surface area contributed by atoms with Crippen LogP contribution in [0.5, 0.6) is 5.75 Å². The molecule has 12 heteroatoms. The van der Waals surface area contributed by atoms with E-state index in [2.05, 4.69) is 61.7 Å². The van der Waals surface area contributed by atoms with Gasteiger partial charge < -0.3 is 20.3 Å². The molecule has 1 saturated carbocycles. The lowest BCUT2D eigenvalue weighted by molar-refractivity contribution is -0.136. The van der Waals surface area contributed by atoms with Crippen molar-refractivity contribution < 1.29 is 27.9 Å². The number of anilines is 1. The van der Waals surface area contributed by atoms with Gasteiger partial charge in [-0.1, -0.05) is 57.6 Å². The second kappa shape index (κ2) is 20.5. The molecule has 4 heterocycles. The van der Waals surface area contributed by atoms with Crippen molar-refractivity contribution in [2.24, 2.45) is 17.1 Å². The SMILES string of the molecule is C=C(C)C.C=C/C(=C\C)[C@H](C(=C)N)N(CC(F)F)C(C)C.CCC1(CC)CCC(CN2CCN3c4cc5c(cc4OC[C@]3(C)C2)C(=O)N(C2CCC(=O)NC2=O)C5)CC1. The number of carbonyl (C=O) groups excluding carboxylic acids is 3. The molecule has 1 aliphatic carbocycles. The lowest BCUT2D eigenvalue weighted by atomic mass is 9.67. The zero-order chi connectivity index (χ0) is 43.8. The molecule has 3 fully saturated rings. The number of allylic oxidation sites excluding steroid dienone is 2. The smallest absolute Gasteiger partial charge is 0.255 e. The zero-order valence-corrected chi connectivity index (χ0v) is 37.2. The molecule has 3 N–H and O–H groups in total. The van der Waals surface area contributed by atoms with Gasteiger partial charge in [0, 0.05) is 56.4 Å². The van der Waals surface area contributed by atoms with Crippen LogP contribution in [0.25, 0.3) is 0 Å². The van der Waals surface area contributed by atoms with E-state index >= 15 is 0 Å². The number of rotatable bonds is 12. The van der Waals surface area contributed by atoms with Crippen molar-refractivity contribution >= 4 is 23.4 Å². The van der Waals surface area contributed by atoms with Crippen LogP contribution >= 0.6 is 0 Å². The number of benzene rings is 1. The van der Waals surface area contributed by atoms with Gasteiger partial charge in [-0.05, 0) is 108 Å². The molecular formula is C47H72F2N6O4. The van der Waals surface area contributed by atoms with Crippen LogP contribution in [0.2, 0.25) is 0 Å². The number of carbonyl (C=O) groups is 3. The fourth-order valence-electron chi connectivity index (χ4n) is 9.57. The Hall–Kier alpha value is -4.03. The van der Waals surface area contributed by atoms with E-state index in [0.717, 1.165) is 48.1 Å². The zero-order valence-electron chi connectivity index (χ0n) is 37.2. The van der Waals surface area contributed by atoms with Crippen LogP contribution in [-0.4, -0.2) is 102 Å². The Balaban J connectivity index is 0.000000308. The number of piperidine rings is 1. The predicted molar refractivity (Wildman–Crippen MR) is 235 cm³/mol. The number of amides is 3. The summed E-state index contributed by atoms with van der Waals surface area (Å²) >= 11 is 0. The third-order valence-electron chi connectivity index (χ3n) is 13.1. The molecule has 10 nitrogen and oxygen atoms in total. The molecular weight excluding hydrogens is 751 g/mol. The van der Waals surface area contributed by atoms with Crippen LogP contribution in [0.1, 0.15) is 123 Å². The number of nitrogens with two attached hydrogens (primary N) is 1. The summed E-state index contributed by atoms with van der Waals surface area (Å²) in [5, 5.41) is 2.38. The Morgan fingerprint density at radius 3 is 2.25 bits per heavy atom. The van der Waals surface area contributed by atoms with Gasteiger partial charge in [0.2, 0.25) is 11.8 Å². The van der Waals surface area contributed by atoms with Gasteiger partial charge in [0.1, 0.15) is 18.4 Å². The summed E-state index contributed by atoms with van der Waals surface area (Å²) in [4.78, 5) is 45.7. The summed E-state index contributed by atoms with van der Waals surface area (Å²) in [6.07, 6.45) is 9.74. The van der Waals surface area contributed by atoms with E-state index in [0.29, 0.717) is 36.2 Å². The fraction of sp³-hybridized carbons (Fsp3) is 0.638. The number of nitrogens with zero attached hydrogens (tertiary/aromatic N) is 4. The summed E-state index contributed by atoms with van der Waals surface area (Å²) in [5.41, 5.74) is 11.1. The third kappa shape index (κ3) is 11.4. The molecule has 0 spiro atoms. The van der Waals surface area contributed by atoms with Gasteiger partial charge in [0.05, 0.1) is 23.8 Å². The maximum atomic E-state index is 13.3. The quantitative estimate of drug-likeness (QED) is 0.123. The lowest BCUT2D eigenvalue weighted by Gasteiger charge is -2.53. The Morgan fingerprint density at radius 1 is 1.08 bits per heavy atom. The minimum atomic E-state index is -2.40. The number of hydrogen-bond donors (Lipinski definition) is 2. The van der Waals surface area contributed by atoms with Gasteiger partial charge >= 0.3 is 0 Å². The number of alkyl halides is 2. The molecule has 1 aromatic rings. The van der Waals surface area contributed by atoms with Crippen LogP contribution in [-0.2, 0) is 16.1 Å². The molecule has 4 aliphatic heterocycles. The van der Waals surface area contributed by atoms with E-state index in [9.17, 15) is 23.2 Å². The second-order valence-corrected chi connectivity index (χ2v) is 18.1. The average Bonchev–Trinajstić information content (AvgIpc) is 3.49. The van der Waals surface area contributed by atoms with Crippen molar-refractivity contribution in [2.45, 2.75) is 143 Å². The molecule has 2 saturated heterocycles. The number of ether oxygens (including phenoxy) is 1. The summed E-state index contributed by atoms with van der Waals surface area (Å²) in [7, 11) is 0. The van der Waals surface area contributed by atoms with E-state index in [1.807, 2.05) is 46.8 Å². The van der Waals surface area contributed by atoms with Gasteiger partial charge in [0.15, 0.2) is 0 Å². The molecule has 3 amide bonds. The van der Waals surface area contributed by atoms with Crippen LogP contribution in [0, 0.1) is 11.3 Å².